The number of phenolic OH excluding ortho intramolecular Hbond substituents is 1. The van der Waals surface area contributed by atoms with Crippen LogP contribution in [0.2, 0.25) is 0 Å². The van der Waals surface area contributed by atoms with Gasteiger partial charge < -0.3 is 25.8 Å². The Labute approximate surface area is 263 Å². The fourth-order valence-corrected chi connectivity index (χ4v) is 8.36. The Hall–Kier alpha value is -2.01. The van der Waals surface area contributed by atoms with E-state index in [9.17, 15) is 9.90 Å². The van der Waals surface area contributed by atoms with Crippen LogP contribution in [-0.4, -0.2) is 56.6 Å². The lowest BCUT2D eigenvalue weighted by Gasteiger charge is -2.34. The molecule has 0 spiro atoms. The van der Waals surface area contributed by atoms with Crippen molar-refractivity contribution in [2.75, 3.05) is 30.3 Å². The molecule has 0 radical (unpaired) electrons. The zero-order valence-electron chi connectivity index (χ0n) is 25.9. The number of fused-ring (bicyclic) bond motifs is 1. The number of amides is 1. The standard InChI is InChI=1S/C32H46N4O2S3.H2O/c1-31(2,3)21-24-23-10-11-25(37)29(28(23)35-30(24)40-32(4,5)6)36-18-13-22(14-19-36)12-17-33-26(38)15-20-39-41-27-9-7-8-16-34-27;/h7-11,16,22,35,37H,12-15,17-21H2,1-6H3,(H,33,38);1H2. The predicted octanol–water partition coefficient (Wildman–Crippen LogP) is 7.21. The molecule has 3 heterocycles. The average Bonchev–Trinajstić information content (AvgIpc) is 3.21. The third kappa shape index (κ3) is 10.0. The number of pyridine rings is 1. The van der Waals surface area contributed by atoms with Crippen LogP contribution in [0, 0.1) is 11.3 Å². The molecule has 3 aromatic rings. The number of aromatic nitrogens is 2. The zero-order chi connectivity index (χ0) is 29.6. The monoisotopic (exact) mass is 632 g/mol. The van der Waals surface area contributed by atoms with E-state index in [1.54, 1.807) is 27.8 Å². The highest BCUT2D eigenvalue weighted by Gasteiger charge is 2.31. The highest BCUT2D eigenvalue weighted by Crippen LogP contribution is 2.42. The molecule has 0 atom stereocenters. The number of nitrogens with zero attached hydrogens (tertiary/aromatic N) is 2. The quantitative estimate of drug-likeness (QED) is 0.0887. The molecule has 7 nitrogen and oxygen atoms in total. The summed E-state index contributed by atoms with van der Waals surface area (Å²) in [5.41, 5.74) is 3.56. The molecule has 0 unspecified atom stereocenters. The number of anilines is 1. The number of rotatable bonds is 11. The first kappa shape index (κ1) is 34.5. The van der Waals surface area contributed by atoms with Gasteiger partial charge in [-0.3, -0.25) is 4.79 Å². The maximum absolute atomic E-state index is 12.3. The lowest BCUT2D eigenvalue weighted by molar-refractivity contribution is -0.120. The molecule has 232 valence electrons. The van der Waals surface area contributed by atoms with Crippen LogP contribution in [0.5, 0.6) is 5.75 Å². The van der Waals surface area contributed by atoms with Gasteiger partial charge in [-0.15, -0.1) is 0 Å². The molecule has 10 heteroatoms. The molecule has 4 rings (SSSR count). The van der Waals surface area contributed by atoms with E-state index in [1.165, 1.54) is 27.7 Å². The number of phenols is 1. The molecule has 4 N–H and O–H groups in total. The third-order valence-corrected chi connectivity index (χ3v) is 10.7. The number of carbonyl (C=O) groups is 1. The van der Waals surface area contributed by atoms with Gasteiger partial charge in [0.25, 0.3) is 0 Å². The molecule has 0 saturated carbocycles. The van der Waals surface area contributed by atoms with Gasteiger partial charge in [-0.25, -0.2) is 4.98 Å². The summed E-state index contributed by atoms with van der Waals surface area (Å²) < 4.78 is 0.140. The smallest absolute Gasteiger partial charge is 0.227 e. The van der Waals surface area contributed by atoms with E-state index in [0.717, 1.165) is 67.3 Å². The number of H-pyrrole nitrogens is 1. The third-order valence-electron chi connectivity index (χ3n) is 7.17. The Kier molecular flexibility index (Phi) is 12.4. The Morgan fingerprint density at radius 1 is 1.14 bits per heavy atom. The molecule has 1 aliphatic rings. The Balaban J connectivity index is 0.00000484. The number of piperidine rings is 1. The first-order valence-corrected chi connectivity index (χ1v) is 17.9. The Morgan fingerprint density at radius 2 is 1.88 bits per heavy atom. The Morgan fingerprint density at radius 3 is 2.52 bits per heavy atom. The molecule has 1 amide bonds. The zero-order valence-corrected chi connectivity index (χ0v) is 28.4. The molecule has 1 aliphatic heterocycles. The number of thiol groups is 1. The second-order valence-electron chi connectivity index (χ2n) is 13.2. The van der Waals surface area contributed by atoms with E-state index < -0.39 is 0 Å². The SMILES string of the molecule is CC(C)(C)Cc1c([SH+]C(C)(C)C)[nH]c2c(N3CCC(CCNC(=O)CCSSc4ccccn4)CC3)c(O)ccc12.[OH-]. The number of carbonyl (C=O) groups excluding carboxylic acids is 1. The molecule has 42 heavy (non-hydrogen) atoms. The van der Waals surface area contributed by atoms with Crippen LogP contribution in [0.15, 0.2) is 46.6 Å². The van der Waals surface area contributed by atoms with Crippen molar-refractivity contribution in [1.29, 1.82) is 0 Å². The summed E-state index contributed by atoms with van der Waals surface area (Å²) in [4.78, 5) is 22.7. The number of hydrogen-bond acceptors (Lipinski definition) is 7. The highest BCUT2D eigenvalue weighted by atomic mass is 33.1. The average molecular weight is 633 g/mol. The first-order valence-electron chi connectivity index (χ1n) is 14.7. The summed E-state index contributed by atoms with van der Waals surface area (Å²) >= 11 is 1.28. The van der Waals surface area contributed by atoms with Gasteiger partial charge in [0.1, 0.15) is 21.2 Å². The van der Waals surface area contributed by atoms with E-state index in [-0.39, 0.29) is 21.5 Å². The van der Waals surface area contributed by atoms with Crippen LogP contribution in [0.4, 0.5) is 5.69 Å². The molecular formula is C32H48N4O3S3. The fraction of sp³-hybridized carbons (Fsp3) is 0.562. The second kappa shape index (κ2) is 15.1. The van der Waals surface area contributed by atoms with Crippen LogP contribution < -0.4 is 10.2 Å². The van der Waals surface area contributed by atoms with Crippen molar-refractivity contribution in [3.63, 3.8) is 0 Å². The fourth-order valence-electron chi connectivity index (χ4n) is 5.32. The van der Waals surface area contributed by atoms with Gasteiger partial charge in [0.15, 0.2) is 0 Å². The van der Waals surface area contributed by atoms with E-state index in [1.807, 2.05) is 24.3 Å². The maximum Gasteiger partial charge on any atom is 0.227 e. The summed E-state index contributed by atoms with van der Waals surface area (Å²) in [6.07, 6.45) is 6.42. The van der Waals surface area contributed by atoms with Gasteiger partial charge in [0, 0.05) is 60.7 Å². The molecule has 2 aromatic heterocycles. The largest absolute Gasteiger partial charge is 0.870 e. The van der Waals surface area contributed by atoms with Crippen molar-refractivity contribution in [3.05, 3.63) is 42.1 Å². The minimum absolute atomic E-state index is 0. The lowest BCUT2D eigenvalue weighted by atomic mass is 9.88. The van der Waals surface area contributed by atoms with Gasteiger partial charge >= 0.3 is 0 Å². The number of benzene rings is 1. The van der Waals surface area contributed by atoms with Crippen molar-refractivity contribution in [2.24, 2.45) is 11.3 Å². The number of aromatic amines is 1. The van der Waals surface area contributed by atoms with Gasteiger partial charge in [-0.1, -0.05) is 37.6 Å². The van der Waals surface area contributed by atoms with Gasteiger partial charge in [-0.05, 0) is 92.8 Å². The maximum atomic E-state index is 12.3. The van der Waals surface area contributed by atoms with E-state index in [0.29, 0.717) is 18.1 Å². The van der Waals surface area contributed by atoms with Gasteiger partial charge in [0.2, 0.25) is 10.9 Å². The van der Waals surface area contributed by atoms with E-state index in [4.69, 9.17) is 0 Å². The first-order chi connectivity index (χ1) is 19.4. The van der Waals surface area contributed by atoms with Crippen molar-refractivity contribution in [2.45, 2.75) is 88.4 Å². The van der Waals surface area contributed by atoms with Gasteiger partial charge in [0.05, 0.1) is 5.52 Å². The second-order valence-corrected chi connectivity index (χ2v) is 17.7. The molecule has 0 aliphatic carbocycles. The molecule has 0 bridgehead atoms. The highest BCUT2D eigenvalue weighted by molar-refractivity contribution is 8.76. The summed E-state index contributed by atoms with van der Waals surface area (Å²) in [6.45, 7) is 16.2. The molecule has 1 fully saturated rings. The lowest BCUT2D eigenvalue weighted by Crippen LogP contribution is -2.35. The Bertz CT molecular complexity index is 1290. The minimum Gasteiger partial charge on any atom is -0.870 e. The van der Waals surface area contributed by atoms with Crippen molar-refractivity contribution in [1.82, 2.24) is 15.3 Å². The van der Waals surface area contributed by atoms with Crippen LogP contribution in [0.1, 0.15) is 72.8 Å². The van der Waals surface area contributed by atoms with Crippen LogP contribution in [0.3, 0.4) is 0 Å². The number of hydrogen-bond donors (Lipinski definition) is 3. The number of nitrogens with one attached hydrogen (secondary N) is 2. The normalized spacial score (nSPS) is 14.7. The molecule has 1 aromatic carbocycles. The van der Waals surface area contributed by atoms with Crippen molar-refractivity contribution >= 4 is 55.8 Å². The summed E-state index contributed by atoms with van der Waals surface area (Å²) in [5.74, 6) is 1.83. The van der Waals surface area contributed by atoms with E-state index in [2.05, 4.69) is 67.8 Å². The predicted molar refractivity (Wildman–Crippen MR) is 182 cm³/mol. The summed E-state index contributed by atoms with van der Waals surface area (Å²) in [6, 6.07) is 9.84. The van der Waals surface area contributed by atoms with Crippen molar-refractivity contribution in [3.8, 4) is 5.75 Å². The molecule has 1 saturated heterocycles. The van der Waals surface area contributed by atoms with Crippen LogP contribution in [-0.2, 0) is 23.0 Å². The number of aromatic hydroxyl groups is 1. The van der Waals surface area contributed by atoms with Crippen LogP contribution in [0.25, 0.3) is 10.9 Å². The van der Waals surface area contributed by atoms with Gasteiger partial charge in [-0.2, -0.15) is 0 Å². The summed E-state index contributed by atoms with van der Waals surface area (Å²) in [5, 5.41) is 17.6. The van der Waals surface area contributed by atoms with E-state index >= 15 is 0 Å². The van der Waals surface area contributed by atoms with Crippen molar-refractivity contribution < 1.29 is 15.4 Å². The summed E-state index contributed by atoms with van der Waals surface area (Å²) in [7, 11) is 3.28. The van der Waals surface area contributed by atoms with Crippen LogP contribution >= 0.6 is 21.6 Å². The topological polar surface area (TPSA) is 111 Å². The minimum atomic E-state index is 0. The molecular weight excluding hydrogens is 585 g/mol.